The molecule has 2 heterocycles. The summed E-state index contributed by atoms with van der Waals surface area (Å²) >= 11 is 1.43. The van der Waals surface area contributed by atoms with Crippen molar-refractivity contribution >= 4 is 34.7 Å². The first-order chi connectivity index (χ1) is 21.2. The van der Waals surface area contributed by atoms with Crippen LogP contribution in [0.4, 0.5) is 5.69 Å². The van der Waals surface area contributed by atoms with Crippen LogP contribution >= 0.6 is 11.3 Å². The van der Waals surface area contributed by atoms with Gasteiger partial charge in [0.2, 0.25) is 0 Å². The average Bonchev–Trinajstić information content (AvgIpc) is 3.56. The third-order valence-corrected chi connectivity index (χ3v) is 8.27. The lowest BCUT2D eigenvalue weighted by molar-refractivity contribution is -0.384. The Balaban J connectivity index is 1.50. The van der Waals surface area contributed by atoms with E-state index < -0.39 is 22.8 Å². The number of thiophene rings is 1. The molecule has 0 saturated carbocycles. The van der Waals surface area contributed by atoms with E-state index in [-0.39, 0.29) is 29.2 Å². The Morgan fingerprint density at radius 2 is 1.68 bits per heavy atom. The normalized spacial score (nSPS) is 14.8. The van der Waals surface area contributed by atoms with E-state index in [1.165, 1.54) is 36.6 Å². The van der Waals surface area contributed by atoms with Crippen LogP contribution in [0.25, 0.3) is 0 Å². The smallest absolute Gasteiger partial charge is 0.336 e. The molecule has 2 aromatic carbocycles. The lowest BCUT2D eigenvalue weighted by Gasteiger charge is -2.30. The molecule has 1 aliphatic heterocycles. The van der Waals surface area contributed by atoms with Gasteiger partial charge < -0.3 is 14.8 Å². The number of allylic oxidation sites excluding steroid dienone is 2. The standard InChI is InChI=1S/C33H35N3O7S/c1-22-29(32(38)42-3)31(25-12-7-13-26(20-25)36(40)41)30(23(2)34-22)33(39)43-18-17-35(21-24-10-5-4-6-11-24)16-8-14-27(37)28-15-9-19-44-28/h4-7,9-13,15,19-20,31,34H,8,14,16-18,21H2,1-3H3. The third-order valence-electron chi connectivity index (χ3n) is 7.36. The molecule has 10 nitrogen and oxygen atoms in total. The molecule has 0 fully saturated rings. The fourth-order valence-corrected chi connectivity index (χ4v) is 5.97. The number of rotatable bonds is 14. The number of nitro groups is 1. The molecule has 0 saturated heterocycles. The Hall–Kier alpha value is -4.61. The van der Waals surface area contributed by atoms with Crippen LogP contribution < -0.4 is 5.32 Å². The molecule has 230 valence electrons. The van der Waals surface area contributed by atoms with Crippen molar-refractivity contribution in [3.8, 4) is 0 Å². The molecule has 0 aliphatic carbocycles. The van der Waals surface area contributed by atoms with Crippen LogP contribution in [0.15, 0.2) is 94.7 Å². The fourth-order valence-electron chi connectivity index (χ4n) is 5.28. The van der Waals surface area contributed by atoms with Crippen LogP contribution in [0.5, 0.6) is 0 Å². The molecular formula is C33H35N3O7S. The summed E-state index contributed by atoms with van der Waals surface area (Å²) in [5.41, 5.74) is 2.63. The van der Waals surface area contributed by atoms with Gasteiger partial charge in [-0.25, -0.2) is 9.59 Å². The highest BCUT2D eigenvalue weighted by molar-refractivity contribution is 7.12. The van der Waals surface area contributed by atoms with Crippen molar-refractivity contribution in [2.75, 3.05) is 26.8 Å². The Morgan fingerprint density at radius 1 is 0.955 bits per heavy atom. The van der Waals surface area contributed by atoms with Crippen LogP contribution in [0, 0.1) is 10.1 Å². The van der Waals surface area contributed by atoms with Gasteiger partial charge in [0.25, 0.3) is 5.69 Å². The maximum atomic E-state index is 13.7. The summed E-state index contributed by atoms with van der Waals surface area (Å²) in [4.78, 5) is 52.9. The van der Waals surface area contributed by atoms with Crippen molar-refractivity contribution in [1.82, 2.24) is 10.2 Å². The summed E-state index contributed by atoms with van der Waals surface area (Å²) in [6.07, 6.45) is 1.06. The van der Waals surface area contributed by atoms with Crippen LogP contribution in [0.1, 0.15) is 53.4 Å². The number of nitrogens with zero attached hydrogens (tertiary/aromatic N) is 2. The summed E-state index contributed by atoms with van der Waals surface area (Å²) in [6, 6.07) is 19.4. The van der Waals surface area contributed by atoms with Gasteiger partial charge in [0.1, 0.15) is 6.61 Å². The van der Waals surface area contributed by atoms with E-state index >= 15 is 0 Å². The van der Waals surface area contributed by atoms with Crippen molar-refractivity contribution in [2.24, 2.45) is 0 Å². The van der Waals surface area contributed by atoms with E-state index in [2.05, 4.69) is 10.2 Å². The van der Waals surface area contributed by atoms with Gasteiger partial charge in [0.05, 0.1) is 34.0 Å². The number of ketones is 1. The molecule has 11 heteroatoms. The molecule has 1 aromatic heterocycles. The number of methoxy groups -OCH3 is 1. The molecule has 1 N–H and O–H groups in total. The summed E-state index contributed by atoms with van der Waals surface area (Å²) < 4.78 is 10.8. The molecule has 1 atom stereocenters. The predicted octanol–water partition coefficient (Wildman–Crippen LogP) is 5.77. The second-order valence-corrected chi connectivity index (χ2v) is 11.3. The van der Waals surface area contributed by atoms with Gasteiger partial charge in [-0.3, -0.25) is 19.8 Å². The lowest BCUT2D eigenvalue weighted by Crippen LogP contribution is -2.34. The largest absolute Gasteiger partial charge is 0.466 e. The number of hydrogen-bond acceptors (Lipinski definition) is 10. The number of carbonyl (C=O) groups excluding carboxylic acids is 3. The number of dihydropyridines is 1. The van der Waals surface area contributed by atoms with Crippen LogP contribution in [0.3, 0.4) is 0 Å². The Morgan fingerprint density at radius 3 is 2.34 bits per heavy atom. The van der Waals surface area contributed by atoms with Gasteiger partial charge in [-0.2, -0.15) is 0 Å². The zero-order chi connectivity index (χ0) is 31.6. The summed E-state index contributed by atoms with van der Waals surface area (Å²) in [7, 11) is 1.24. The number of hydrogen-bond donors (Lipinski definition) is 1. The average molecular weight is 618 g/mol. The molecular weight excluding hydrogens is 582 g/mol. The topological polar surface area (TPSA) is 128 Å². The van der Waals surface area contributed by atoms with Crippen molar-refractivity contribution in [3.05, 3.63) is 121 Å². The number of esters is 2. The van der Waals surface area contributed by atoms with Crippen LogP contribution in [0.2, 0.25) is 0 Å². The minimum absolute atomic E-state index is 0.0548. The second kappa shape index (κ2) is 15.2. The van der Waals surface area contributed by atoms with E-state index in [1.807, 2.05) is 47.8 Å². The minimum Gasteiger partial charge on any atom is -0.466 e. The molecule has 0 radical (unpaired) electrons. The quantitative estimate of drug-likeness (QED) is 0.104. The number of ether oxygens (including phenoxy) is 2. The monoisotopic (exact) mass is 617 g/mol. The summed E-state index contributed by atoms with van der Waals surface area (Å²) in [6.45, 7) is 5.09. The second-order valence-electron chi connectivity index (χ2n) is 10.4. The van der Waals surface area contributed by atoms with Gasteiger partial charge >= 0.3 is 11.9 Å². The highest BCUT2D eigenvalue weighted by Crippen LogP contribution is 2.40. The van der Waals surface area contributed by atoms with Crippen LogP contribution in [-0.2, 0) is 25.6 Å². The van der Waals surface area contributed by atoms with Gasteiger partial charge in [-0.15, -0.1) is 11.3 Å². The first-order valence-electron chi connectivity index (χ1n) is 14.2. The van der Waals surface area contributed by atoms with E-state index in [0.717, 1.165) is 10.4 Å². The third kappa shape index (κ3) is 8.06. The molecule has 0 bridgehead atoms. The van der Waals surface area contributed by atoms with Crippen molar-refractivity contribution in [1.29, 1.82) is 0 Å². The van der Waals surface area contributed by atoms with Crippen molar-refractivity contribution in [3.63, 3.8) is 0 Å². The van der Waals surface area contributed by atoms with Crippen molar-refractivity contribution in [2.45, 2.75) is 39.2 Å². The minimum atomic E-state index is -0.931. The number of nitro benzene ring substituents is 1. The first-order valence-corrected chi connectivity index (χ1v) is 15.1. The number of benzene rings is 2. The zero-order valence-electron chi connectivity index (χ0n) is 24.9. The maximum Gasteiger partial charge on any atom is 0.336 e. The summed E-state index contributed by atoms with van der Waals surface area (Å²) in [5.74, 6) is -2.13. The first kappa shape index (κ1) is 32.3. The number of non-ortho nitro benzene ring substituents is 1. The predicted molar refractivity (Wildman–Crippen MR) is 167 cm³/mol. The SMILES string of the molecule is COC(=O)C1=C(C)NC(C)=C(C(=O)OCCN(CCCC(=O)c2cccs2)Cc2ccccc2)C1c1cccc([N+](=O)[O-])c1. The molecule has 4 rings (SSSR count). The van der Waals surface area contributed by atoms with E-state index in [9.17, 15) is 24.5 Å². The van der Waals surface area contributed by atoms with Gasteiger partial charge in [0, 0.05) is 43.0 Å². The number of carbonyl (C=O) groups is 3. The maximum absolute atomic E-state index is 13.7. The molecule has 44 heavy (non-hydrogen) atoms. The molecule has 3 aromatic rings. The Labute approximate surface area is 260 Å². The molecule has 0 amide bonds. The fraction of sp³-hybridized carbons (Fsp3) is 0.303. The Bertz CT molecular complexity index is 1560. The van der Waals surface area contributed by atoms with E-state index in [0.29, 0.717) is 49.4 Å². The van der Waals surface area contributed by atoms with Crippen LogP contribution in [-0.4, -0.2) is 54.4 Å². The molecule has 1 unspecified atom stereocenters. The van der Waals surface area contributed by atoms with E-state index in [4.69, 9.17) is 9.47 Å². The summed E-state index contributed by atoms with van der Waals surface area (Å²) in [5, 5.41) is 16.5. The van der Waals surface area contributed by atoms with Gasteiger partial charge in [-0.05, 0) is 49.4 Å². The zero-order valence-corrected chi connectivity index (χ0v) is 25.7. The number of Topliss-reactive ketones (excluding diaryl/α,β-unsaturated/α-hetero) is 1. The van der Waals surface area contributed by atoms with Gasteiger partial charge in [0.15, 0.2) is 5.78 Å². The van der Waals surface area contributed by atoms with Gasteiger partial charge in [-0.1, -0.05) is 48.5 Å². The molecule has 0 spiro atoms. The highest BCUT2D eigenvalue weighted by atomic mass is 32.1. The number of nitrogens with one attached hydrogen (secondary N) is 1. The van der Waals surface area contributed by atoms with E-state index in [1.54, 1.807) is 19.9 Å². The lowest BCUT2D eigenvalue weighted by atomic mass is 9.80. The Kier molecular flexibility index (Phi) is 11.2. The van der Waals surface area contributed by atoms with Crippen molar-refractivity contribution < 1.29 is 28.8 Å². The highest BCUT2D eigenvalue weighted by Gasteiger charge is 2.38. The molecule has 1 aliphatic rings.